The monoisotopic (exact) mass is 453 g/mol. The van der Waals surface area contributed by atoms with Gasteiger partial charge >= 0.3 is 0 Å². The minimum absolute atomic E-state index is 0.291. The van der Waals surface area contributed by atoms with Gasteiger partial charge in [-0.25, -0.2) is 0 Å². The molecule has 0 fully saturated rings. The number of amides is 2. The van der Waals surface area contributed by atoms with Crippen LogP contribution in [0.1, 0.15) is 31.8 Å². The topological polar surface area (TPSA) is 120 Å². The first kappa shape index (κ1) is 21.3. The summed E-state index contributed by atoms with van der Waals surface area (Å²) in [6.45, 7) is 3.21. The highest BCUT2D eigenvalue weighted by atomic mass is 16.2. The van der Waals surface area contributed by atoms with Crippen molar-refractivity contribution in [1.29, 1.82) is 0 Å². The molecule has 5 rings (SSSR count). The van der Waals surface area contributed by atoms with Crippen molar-refractivity contribution in [1.82, 2.24) is 15.6 Å². The summed E-state index contributed by atoms with van der Waals surface area (Å²) in [5.41, 5.74) is 3.80. The summed E-state index contributed by atoms with van der Waals surface area (Å²) < 4.78 is 0. The molecule has 9 nitrogen and oxygen atoms in total. The molecule has 0 spiro atoms. The number of nitrogens with zero attached hydrogens (tertiary/aromatic N) is 3. The van der Waals surface area contributed by atoms with Gasteiger partial charge < -0.3 is 21.3 Å². The van der Waals surface area contributed by atoms with Crippen molar-refractivity contribution in [2.75, 3.05) is 36.8 Å². The minimum atomic E-state index is -0.347. The summed E-state index contributed by atoms with van der Waals surface area (Å²) in [6.07, 6.45) is 2.86. The predicted octanol–water partition coefficient (Wildman–Crippen LogP) is 2.29. The van der Waals surface area contributed by atoms with E-state index in [4.69, 9.17) is 0 Å². The van der Waals surface area contributed by atoms with Gasteiger partial charge in [0, 0.05) is 48.0 Å². The number of nitrogens with one attached hydrogen (secondary N) is 4. The lowest BCUT2D eigenvalue weighted by molar-refractivity contribution is 0.102. The van der Waals surface area contributed by atoms with Crippen molar-refractivity contribution in [3.63, 3.8) is 0 Å². The average molecular weight is 454 g/mol. The number of aliphatic imine (C=N–C) groups is 2. The first-order valence-electron chi connectivity index (χ1n) is 11.0. The van der Waals surface area contributed by atoms with E-state index in [9.17, 15) is 9.59 Å². The second kappa shape index (κ2) is 9.53. The number of pyridine rings is 1. The first-order valence-corrected chi connectivity index (χ1v) is 11.0. The Hall–Kier alpha value is -4.53. The molecule has 0 saturated heterocycles. The summed E-state index contributed by atoms with van der Waals surface area (Å²) in [5.74, 6) is 1.03. The second-order valence-electron chi connectivity index (χ2n) is 7.84. The third-order valence-electron chi connectivity index (χ3n) is 5.44. The van der Waals surface area contributed by atoms with E-state index in [1.165, 1.54) is 18.5 Å². The molecular weight excluding hydrogens is 430 g/mol. The number of aromatic nitrogens is 1. The Bertz CT molecular complexity index is 1180. The van der Waals surface area contributed by atoms with Crippen LogP contribution in [0.15, 0.2) is 77.0 Å². The second-order valence-corrected chi connectivity index (χ2v) is 7.84. The van der Waals surface area contributed by atoms with Crippen molar-refractivity contribution in [3.05, 3.63) is 89.2 Å². The lowest BCUT2D eigenvalue weighted by atomic mass is 10.1. The molecule has 0 radical (unpaired) electrons. The number of benzene rings is 2. The van der Waals surface area contributed by atoms with Crippen molar-refractivity contribution in [2.45, 2.75) is 0 Å². The van der Waals surface area contributed by atoms with Gasteiger partial charge in [0.1, 0.15) is 11.7 Å². The molecule has 1 aromatic heterocycles. The van der Waals surface area contributed by atoms with Crippen molar-refractivity contribution >= 4 is 34.9 Å². The molecule has 34 heavy (non-hydrogen) atoms. The van der Waals surface area contributed by atoms with Gasteiger partial charge in [-0.15, -0.1) is 0 Å². The third kappa shape index (κ3) is 4.78. The number of rotatable bonds is 6. The van der Waals surface area contributed by atoms with E-state index in [1.54, 1.807) is 0 Å². The van der Waals surface area contributed by atoms with Gasteiger partial charge in [-0.1, -0.05) is 0 Å². The smallest absolute Gasteiger partial charge is 0.257 e. The van der Waals surface area contributed by atoms with Crippen LogP contribution in [0.2, 0.25) is 0 Å². The van der Waals surface area contributed by atoms with E-state index in [-0.39, 0.29) is 11.8 Å². The van der Waals surface area contributed by atoms with Gasteiger partial charge in [-0.2, -0.15) is 0 Å². The van der Waals surface area contributed by atoms with E-state index in [0.29, 0.717) is 22.5 Å². The van der Waals surface area contributed by atoms with Crippen LogP contribution in [-0.2, 0) is 0 Å². The Morgan fingerprint density at radius 1 is 0.676 bits per heavy atom. The molecule has 0 saturated carbocycles. The summed E-state index contributed by atoms with van der Waals surface area (Å²) in [5, 5.41) is 12.1. The standard InChI is InChI=1S/C25H23N7O2/c33-24(31-20-5-1-16(2-6-20)22-27-9-10-28-22)18-13-19(15-26-14-18)25(34)32-21-7-3-17(4-8-21)23-29-11-12-30-23/h1-8,13-15H,9-12H2,(H,27,28)(H,29,30)(H,31,33)(H,32,34). The zero-order chi connectivity index (χ0) is 23.3. The average Bonchev–Trinajstić information content (AvgIpc) is 3.60. The highest BCUT2D eigenvalue weighted by Crippen LogP contribution is 2.15. The van der Waals surface area contributed by atoms with Crippen molar-refractivity contribution < 1.29 is 9.59 Å². The molecule has 170 valence electrons. The highest BCUT2D eigenvalue weighted by Gasteiger charge is 2.14. The van der Waals surface area contributed by atoms with E-state index in [1.807, 2.05) is 48.5 Å². The van der Waals surface area contributed by atoms with Crippen LogP contribution in [0, 0.1) is 0 Å². The van der Waals surface area contributed by atoms with Crippen LogP contribution in [0.5, 0.6) is 0 Å². The number of carbonyl (C=O) groups excluding carboxylic acids is 2. The van der Waals surface area contributed by atoms with Gasteiger partial charge in [0.05, 0.1) is 24.2 Å². The maximum absolute atomic E-state index is 12.7. The molecule has 0 bridgehead atoms. The van der Waals surface area contributed by atoms with Gasteiger partial charge in [-0.05, 0) is 54.6 Å². The molecule has 2 aromatic carbocycles. The van der Waals surface area contributed by atoms with E-state index in [2.05, 4.69) is 36.2 Å². The zero-order valence-corrected chi connectivity index (χ0v) is 18.3. The fraction of sp³-hybridized carbons (Fsp3) is 0.160. The number of amidine groups is 2. The van der Waals surface area contributed by atoms with Crippen LogP contribution < -0.4 is 21.3 Å². The molecule has 9 heteroatoms. The summed E-state index contributed by atoms with van der Waals surface area (Å²) in [7, 11) is 0. The summed E-state index contributed by atoms with van der Waals surface area (Å²) in [4.78, 5) is 38.3. The Morgan fingerprint density at radius 2 is 1.12 bits per heavy atom. The Morgan fingerprint density at radius 3 is 1.50 bits per heavy atom. The zero-order valence-electron chi connectivity index (χ0n) is 18.3. The molecule has 2 amide bonds. The van der Waals surface area contributed by atoms with Gasteiger partial charge in [0.2, 0.25) is 0 Å². The van der Waals surface area contributed by atoms with E-state index in [0.717, 1.165) is 49.0 Å². The molecule has 2 aliphatic rings. The molecule has 0 atom stereocenters. The Balaban J connectivity index is 1.22. The van der Waals surface area contributed by atoms with Crippen LogP contribution in [-0.4, -0.2) is 54.6 Å². The molecule has 0 aliphatic carbocycles. The number of hydrogen-bond donors (Lipinski definition) is 4. The van der Waals surface area contributed by atoms with Crippen molar-refractivity contribution in [2.24, 2.45) is 9.98 Å². The Labute approximate surface area is 196 Å². The predicted molar refractivity (Wildman–Crippen MR) is 132 cm³/mol. The molecule has 3 heterocycles. The number of carbonyl (C=O) groups is 2. The third-order valence-corrected chi connectivity index (χ3v) is 5.44. The molecule has 2 aliphatic heterocycles. The molecule has 4 N–H and O–H groups in total. The lowest BCUT2D eigenvalue weighted by Gasteiger charge is -2.09. The van der Waals surface area contributed by atoms with Gasteiger partial charge in [0.25, 0.3) is 11.8 Å². The van der Waals surface area contributed by atoms with Gasteiger partial charge in [-0.3, -0.25) is 24.6 Å². The maximum Gasteiger partial charge on any atom is 0.257 e. The molecule has 3 aromatic rings. The van der Waals surface area contributed by atoms with Crippen LogP contribution in [0.4, 0.5) is 11.4 Å². The van der Waals surface area contributed by atoms with E-state index >= 15 is 0 Å². The summed E-state index contributed by atoms with van der Waals surface area (Å²) in [6, 6.07) is 16.4. The fourth-order valence-corrected chi connectivity index (χ4v) is 3.70. The number of anilines is 2. The summed E-state index contributed by atoms with van der Waals surface area (Å²) >= 11 is 0. The Kier molecular flexibility index (Phi) is 5.98. The SMILES string of the molecule is O=C(Nc1ccc(C2=NCCN2)cc1)c1cncc(C(=O)Nc2ccc(C3=NCCN3)cc2)c1. The maximum atomic E-state index is 12.7. The molecule has 0 unspecified atom stereocenters. The lowest BCUT2D eigenvalue weighted by Crippen LogP contribution is -2.19. The van der Waals surface area contributed by atoms with Crippen molar-refractivity contribution in [3.8, 4) is 0 Å². The number of hydrogen-bond acceptors (Lipinski definition) is 7. The minimum Gasteiger partial charge on any atom is -0.368 e. The van der Waals surface area contributed by atoms with Crippen LogP contribution in [0.3, 0.4) is 0 Å². The normalized spacial score (nSPS) is 14.5. The first-order chi connectivity index (χ1) is 16.7. The van der Waals surface area contributed by atoms with Gasteiger partial charge in [0.15, 0.2) is 0 Å². The largest absolute Gasteiger partial charge is 0.368 e. The van der Waals surface area contributed by atoms with E-state index < -0.39 is 0 Å². The fourth-order valence-electron chi connectivity index (χ4n) is 3.70. The van der Waals surface area contributed by atoms with Crippen LogP contribution >= 0.6 is 0 Å². The highest BCUT2D eigenvalue weighted by molar-refractivity contribution is 6.09. The quantitative estimate of drug-likeness (QED) is 0.457. The molecular formula is C25H23N7O2. The van der Waals surface area contributed by atoms with Crippen LogP contribution in [0.25, 0.3) is 0 Å².